The molecule has 0 aliphatic carbocycles. The number of benzene rings is 2. The molecule has 0 radical (unpaired) electrons. The summed E-state index contributed by atoms with van der Waals surface area (Å²) in [5.74, 6) is -1.60. The Kier molecular flexibility index (Phi) is 5.38. The van der Waals surface area contributed by atoms with Crippen molar-refractivity contribution < 1.29 is 17.6 Å². The molecule has 0 saturated carbocycles. The Hall–Kier alpha value is -2.20. The molecule has 1 heterocycles. The van der Waals surface area contributed by atoms with Gasteiger partial charge in [-0.25, -0.2) is 22.2 Å². The fourth-order valence-electron chi connectivity index (χ4n) is 2.07. The van der Waals surface area contributed by atoms with E-state index in [0.29, 0.717) is 0 Å². The van der Waals surface area contributed by atoms with Crippen molar-refractivity contribution in [2.45, 2.75) is 4.90 Å². The van der Waals surface area contributed by atoms with Gasteiger partial charge in [-0.1, -0.05) is 40.0 Å². The second-order valence-electron chi connectivity index (χ2n) is 5.15. The summed E-state index contributed by atoms with van der Waals surface area (Å²) < 4.78 is 40.8. The fourth-order valence-corrected chi connectivity index (χ4v) is 4.04. The molecule has 0 aliphatic heterocycles. The zero-order valence-corrected chi connectivity index (χ0v) is 16.1. The molecule has 0 aliphatic rings. The fraction of sp³-hybridized carbons (Fsp3) is 0. The van der Waals surface area contributed by atoms with E-state index in [0.717, 1.165) is 29.1 Å². The van der Waals surface area contributed by atoms with Crippen molar-refractivity contribution in [3.05, 3.63) is 69.2 Å². The monoisotopic (exact) mass is 448 g/mol. The molecule has 0 bridgehead atoms. The molecule has 1 amide bonds. The average molecular weight is 450 g/mol. The highest BCUT2D eigenvalue weighted by Crippen LogP contribution is 2.25. The lowest BCUT2D eigenvalue weighted by atomic mass is 10.3. The Morgan fingerprint density at radius 1 is 1.07 bits per heavy atom. The lowest BCUT2D eigenvalue weighted by Crippen LogP contribution is -2.31. The summed E-state index contributed by atoms with van der Waals surface area (Å²) in [5, 5.41) is 7.34. The molecule has 27 heavy (non-hydrogen) atoms. The average Bonchev–Trinajstić information content (AvgIpc) is 3.06. The molecular formula is C15H8Cl3FN4O3S. The zero-order chi connectivity index (χ0) is 19.8. The normalized spacial score (nSPS) is 11.4. The van der Waals surface area contributed by atoms with Crippen LogP contribution in [-0.4, -0.2) is 29.3 Å². The third-order valence-electron chi connectivity index (χ3n) is 3.29. The molecule has 0 saturated heterocycles. The molecule has 1 N–H and O–H groups in total. The van der Waals surface area contributed by atoms with Crippen LogP contribution < -0.4 is 4.72 Å². The van der Waals surface area contributed by atoms with E-state index in [1.165, 1.54) is 18.2 Å². The van der Waals surface area contributed by atoms with Gasteiger partial charge in [-0.05, 0) is 36.4 Å². The molecule has 12 heteroatoms. The number of hydrogen-bond acceptors (Lipinski definition) is 5. The van der Waals surface area contributed by atoms with Gasteiger partial charge in [0.1, 0.15) is 10.7 Å². The third kappa shape index (κ3) is 4.22. The maximum atomic E-state index is 13.1. The smallest absolute Gasteiger partial charge is 0.266 e. The molecule has 0 spiro atoms. The molecule has 0 fully saturated rings. The Morgan fingerprint density at radius 3 is 2.52 bits per heavy atom. The lowest BCUT2D eigenvalue weighted by Gasteiger charge is -2.07. The van der Waals surface area contributed by atoms with Crippen LogP contribution in [0.1, 0.15) is 10.5 Å². The molecule has 7 nitrogen and oxygen atoms in total. The molecule has 3 rings (SSSR count). The minimum Gasteiger partial charge on any atom is -0.266 e. The highest BCUT2D eigenvalue weighted by Gasteiger charge is 2.24. The van der Waals surface area contributed by atoms with Crippen molar-refractivity contribution in [2.75, 3.05) is 0 Å². The van der Waals surface area contributed by atoms with Gasteiger partial charge in [0.15, 0.2) is 5.69 Å². The molecular weight excluding hydrogens is 442 g/mol. The number of nitrogens with one attached hydrogen (secondary N) is 1. The van der Waals surface area contributed by atoms with Crippen molar-refractivity contribution in [1.82, 2.24) is 19.7 Å². The van der Waals surface area contributed by atoms with Crippen molar-refractivity contribution in [1.29, 1.82) is 0 Å². The highest BCUT2D eigenvalue weighted by atomic mass is 35.5. The van der Waals surface area contributed by atoms with Crippen molar-refractivity contribution in [3.8, 4) is 5.69 Å². The van der Waals surface area contributed by atoms with Gasteiger partial charge in [0.2, 0.25) is 0 Å². The van der Waals surface area contributed by atoms with E-state index in [-0.39, 0.29) is 31.3 Å². The van der Waals surface area contributed by atoms with Crippen LogP contribution in [0.5, 0.6) is 0 Å². The SMILES string of the molecule is O=C(NS(=O)(=O)c1cc(Cl)ccc1Cl)c1cn(-c2ccc(F)cc2Cl)nn1. The van der Waals surface area contributed by atoms with Crippen LogP contribution in [0.2, 0.25) is 15.1 Å². The minimum atomic E-state index is -4.30. The van der Waals surface area contributed by atoms with Crippen LogP contribution in [0, 0.1) is 5.82 Å². The van der Waals surface area contributed by atoms with Crippen molar-refractivity contribution >= 4 is 50.7 Å². The summed E-state index contributed by atoms with van der Waals surface area (Å²) in [5.41, 5.74) is -0.0533. The Balaban J connectivity index is 1.87. The first-order valence-corrected chi connectivity index (χ1v) is 9.69. The van der Waals surface area contributed by atoms with Crippen LogP contribution in [0.3, 0.4) is 0 Å². The molecule has 2 aromatic carbocycles. The van der Waals surface area contributed by atoms with Crippen LogP contribution in [0.4, 0.5) is 4.39 Å². The minimum absolute atomic E-state index is 0.0326. The quantitative estimate of drug-likeness (QED) is 0.658. The van der Waals surface area contributed by atoms with Gasteiger partial charge in [-0.2, -0.15) is 0 Å². The second-order valence-corrected chi connectivity index (χ2v) is 8.06. The largest absolute Gasteiger partial charge is 0.287 e. The summed E-state index contributed by atoms with van der Waals surface area (Å²) in [6, 6.07) is 7.34. The van der Waals surface area contributed by atoms with Gasteiger partial charge in [0.25, 0.3) is 15.9 Å². The number of rotatable bonds is 4. The van der Waals surface area contributed by atoms with Crippen molar-refractivity contribution in [3.63, 3.8) is 0 Å². The highest BCUT2D eigenvalue weighted by molar-refractivity contribution is 7.90. The van der Waals surface area contributed by atoms with Crippen LogP contribution in [-0.2, 0) is 10.0 Å². The van der Waals surface area contributed by atoms with Crippen molar-refractivity contribution in [2.24, 2.45) is 0 Å². The lowest BCUT2D eigenvalue weighted by molar-refractivity contribution is 0.0976. The first kappa shape index (κ1) is 19.6. The number of aromatic nitrogens is 3. The molecule has 0 atom stereocenters. The van der Waals surface area contributed by atoms with E-state index >= 15 is 0 Å². The van der Waals surface area contributed by atoms with E-state index in [1.807, 2.05) is 4.72 Å². The first-order valence-electron chi connectivity index (χ1n) is 7.07. The van der Waals surface area contributed by atoms with Crippen LogP contribution in [0.25, 0.3) is 5.69 Å². The summed E-state index contributed by atoms with van der Waals surface area (Å²) in [7, 11) is -4.30. The van der Waals surface area contributed by atoms with Gasteiger partial charge < -0.3 is 0 Å². The molecule has 140 valence electrons. The van der Waals surface area contributed by atoms with E-state index in [2.05, 4.69) is 10.3 Å². The second kappa shape index (κ2) is 7.43. The number of hydrogen-bond donors (Lipinski definition) is 1. The molecule has 3 aromatic rings. The van der Waals surface area contributed by atoms with Gasteiger partial charge >= 0.3 is 0 Å². The van der Waals surface area contributed by atoms with E-state index in [1.54, 1.807) is 0 Å². The number of amides is 1. The number of sulfonamides is 1. The van der Waals surface area contributed by atoms with Gasteiger partial charge in [-0.15, -0.1) is 5.10 Å². The van der Waals surface area contributed by atoms with Crippen LogP contribution >= 0.6 is 34.8 Å². The summed E-state index contributed by atoms with van der Waals surface area (Å²) in [6.45, 7) is 0. The molecule has 1 aromatic heterocycles. The molecule has 0 unspecified atom stereocenters. The zero-order valence-electron chi connectivity index (χ0n) is 13.0. The number of carbonyl (C=O) groups is 1. The van der Waals surface area contributed by atoms with E-state index < -0.39 is 21.7 Å². The predicted octanol–water partition coefficient (Wildman–Crippen LogP) is 3.49. The van der Waals surface area contributed by atoms with E-state index in [9.17, 15) is 17.6 Å². The number of carbonyl (C=O) groups excluding carboxylic acids is 1. The topological polar surface area (TPSA) is 94.0 Å². The Labute approximate surface area is 167 Å². The standard InChI is InChI=1S/C15H8Cl3FN4O3S/c16-8-1-3-10(17)14(5-8)27(25,26)21-15(24)12-7-23(22-20-12)13-4-2-9(19)6-11(13)18/h1-7H,(H,21,24). The third-order valence-corrected chi connectivity index (χ3v) is 5.64. The predicted molar refractivity (Wildman–Crippen MR) is 97.4 cm³/mol. The number of halogens is 4. The summed E-state index contributed by atoms with van der Waals surface area (Å²) >= 11 is 17.6. The maximum absolute atomic E-state index is 13.1. The Morgan fingerprint density at radius 2 is 1.81 bits per heavy atom. The number of nitrogens with zero attached hydrogens (tertiary/aromatic N) is 3. The van der Waals surface area contributed by atoms with Crippen LogP contribution in [0.15, 0.2) is 47.5 Å². The van der Waals surface area contributed by atoms with E-state index in [4.69, 9.17) is 34.8 Å². The summed E-state index contributed by atoms with van der Waals surface area (Å²) in [4.78, 5) is 11.9. The first-order chi connectivity index (χ1) is 12.7. The Bertz CT molecular complexity index is 1150. The van der Waals surface area contributed by atoms with Gasteiger partial charge in [0.05, 0.1) is 21.9 Å². The van der Waals surface area contributed by atoms with Gasteiger partial charge in [-0.3, -0.25) is 4.79 Å². The summed E-state index contributed by atoms with van der Waals surface area (Å²) in [6.07, 6.45) is 1.14. The van der Waals surface area contributed by atoms with Gasteiger partial charge in [0, 0.05) is 5.02 Å². The maximum Gasteiger partial charge on any atom is 0.287 e.